The van der Waals surface area contributed by atoms with Crippen LogP contribution in [-0.2, 0) is 11.2 Å². The molecule has 1 aromatic heterocycles. The predicted octanol–water partition coefficient (Wildman–Crippen LogP) is 3.82. The van der Waals surface area contributed by atoms with Crippen molar-refractivity contribution < 1.29 is 14.3 Å². The van der Waals surface area contributed by atoms with Gasteiger partial charge in [0.05, 0.1) is 16.5 Å². The molecule has 19 heavy (non-hydrogen) atoms. The third kappa shape index (κ3) is 2.85. The lowest BCUT2D eigenvalue weighted by molar-refractivity contribution is -0.136. The first-order valence-electron chi connectivity index (χ1n) is 5.30. The Hall–Kier alpha value is -1.65. The first kappa shape index (κ1) is 13.8. The summed E-state index contributed by atoms with van der Waals surface area (Å²) in [4.78, 5) is 14.6. The van der Waals surface area contributed by atoms with Crippen LogP contribution < -0.4 is 0 Å². The number of nitrogens with zero attached hydrogens (tertiary/aromatic N) is 1. The van der Waals surface area contributed by atoms with Crippen LogP contribution in [-0.4, -0.2) is 16.1 Å². The molecule has 0 aliphatic heterocycles. The summed E-state index contributed by atoms with van der Waals surface area (Å²) in [5.74, 6) is -1.85. The van der Waals surface area contributed by atoms with Gasteiger partial charge in [-0.2, -0.15) is 0 Å². The fraction of sp³-hybridized carbons (Fsp3) is 0.0769. The molecule has 0 fully saturated rings. The topological polar surface area (TPSA) is 50.2 Å². The van der Waals surface area contributed by atoms with E-state index in [4.69, 9.17) is 28.3 Å². The Morgan fingerprint density at radius 2 is 1.89 bits per heavy atom. The molecule has 2 rings (SSSR count). The molecule has 3 nitrogen and oxygen atoms in total. The third-order valence-electron chi connectivity index (χ3n) is 2.51. The summed E-state index contributed by atoms with van der Waals surface area (Å²) in [5, 5.41) is 9.23. The standard InChI is InChI=1S/C13H8Cl2FNO2/c14-8-2-1-3-9(15)11(8)13-12(16)7(4-5-17-13)6-10(18)19/h1-5H,6H2,(H,18,19). The summed E-state index contributed by atoms with van der Waals surface area (Å²) in [6.45, 7) is 0. The van der Waals surface area contributed by atoms with Gasteiger partial charge in [-0.25, -0.2) is 4.39 Å². The number of halogens is 3. The van der Waals surface area contributed by atoms with Gasteiger partial charge in [0.2, 0.25) is 0 Å². The van der Waals surface area contributed by atoms with E-state index in [-0.39, 0.29) is 26.9 Å². The highest BCUT2D eigenvalue weighted by Crippen LogP contribution is 2.35. The average Bonchev–Trinajstić information content (AvgIpc) is 2.33. The molecule has 0 atom stereocenters. The van der Waals surface area contributed by atoms with Crippen LogP contribution in [0, 0.1) is 5.82 Å². The molecule has 1 aromatic carbocycles. The maximum absolute atomic E-state index is 14.2. The Labute approximate surface area is 118 Å². The summed E-state index contributed by atoms with van der Waals surface area (Å²) in [5.41, 5.74) is 0.249. The monoisotopic (exact) mass is 299 g/mol. The Bertz CT molecular complexity index is 626. The number of hydrogen-bond acceptors (Lipinski definition) is 2. The zero-order valence-electron chi connectivity index (χ0n) is 9.53. The number of benzene rings is 1. The van der Waals surface area contributed by atoms with E-state index < -0.39 is 18.2 Å². The Morgan fingerprint density at radius 3 is 2.47 bits per heavy atom. The van der Waals surface area contributed by atoms with Gasteiger partial charge in [-0.05, 0) is 18.2 Å². The van der Waals surface area contributed by atoms with Crippen molar-refractivity contribution in [3.05, 3.63) is 51.9 Å². The normalized spacial score (nSPS) is 10.5. The summed E-state index contributed by atoms with van der Waals surface area (Å²) >= 11 is 12.0. The molecule has 0 unspecified atom stereocenters. The smallest absolute Gasteiger partial charge is 0.307 e. The number of carboxylic acids is 1. The van der Waals surface area contributed by atoms with Crippen LogP contribution in [0.1, 0.15) is 5.56 Å². The highest BCUT2D eigenvalue weighted by atomic mass is 35.5. The SMILES string of the molecule is O=C(O)Cc1ccnc(-c2c(Cl)cccc2Cl)c1F. The van der Waals surface area contributed by atoms with Gasteiger partial charge in [0.15, 0.2) is 5.82 Å². The van der Waals surface area contributed by atoms with E-state index in [2.05, 4.69) is 4.98 Å². The van der Waals surface area contributed by atoms with Crippen LogP contribution >= 0.6 is 23.2 Å². The number of aromatic nitrogens is 1. The van der Waals surface area contributed by atoms with E-state index in [1.165, 1.54) is 12.3 Å². The van der Waals surface area contributed by atoms with Gasteiger partial charge in [-0.3, -0.25) is 9.78 Å². The van der Waals surface area contributed by atoms with Gasteiger partial charge in [0.25, 0.3) is 0 Å². The largest absolute Gasteiger partial charge is 0.481 e. The molecule has 0 amide bonds. The second kappa shape index (κ2) is 5.55. The van der Waals surface area contributed by atoms with Gasteiger partial charge >= 0.3 is 5.97 Å². The Morgan fingerprint density at radius 1 is 1.26 bits per heavy atom. The van der Waals surface area contributed by atoms with Crippen LogP contribution in [0.5, 0.6) is 0 Å². The fourth-order valence-corrected chi connectivity index (χ4v) is 2.26. The van der Waals surface area contributed by atoms with E-state index in [1.807, 2.05) is 0 Å². The van der Waals surface area contributed by atoms with Crippen LogP contribution in [0.25, 0.3) is 11.3 Å². The highest BCUT2D eigenvalue weighted by Gasteiger charge is 2.18. The van der Waals surface area contributed by atoms with Gasteiger partial charge in [0.1, 0.15) is 5.69 Å². The molecule has 0 saturated carbocycles. The molecule has 0 aliphatic rings. The summed E-state index contributed by atoms with van der Waals surface area (Å²) < 4.78 is 14.2. The quantitative estimate of drug-likeness (QED) is 0.937. The minimum Gasteiger partial charge on any atom is -0.481 e. The van der Waals surface area contributed by atoms with Crippen molar-refractivity contribution in [2.45, 2.75) is 6.42 Å². The van der Waals surface area contributed by atoms with E-state index in [0.29, 0.717) is 0 Å². The Balaban J connectivity index is 2.60. The molecular weight excluding hydrogens is 292 g/mol. The number of pyridine rings is 1. The van der Waals surface area contributed by atoms with Crippen molar-refractivity contribution in [3.63, 3.8) is 0 Å². The van der Waals surface area contributed by atoms with Crippen LogP contribution in [0.4, 0.5) is 4.39 Å². The average molecular weight is 300 g/mol. The molecular formula is C13H8Cl2FNO2. The van der Waals surface area contributed by atoms with E-state index in [0.717, 1.165) is 0 Å². The predicted molar refractivity (Wildman–Crippen MR) is 71.0 cm³/mol. The van der Waals surface area contributed by atoms with Crippen molar-refractivity contribution in [1.29, 1.82) is 0 Å². The molecule has 0 aliphatic carbocycles. The zero-order chi connectivity index (χ0) is 14.0. The second-order valence-electron chi connectivity index (χ2n) is 3.80. The molecule has 0 spiro atoms. The van der Waals surface area contributed by atoms with Crippen LogP contribution in [0.15, 0.2) is 30.5 Å². The van der Waals surface area contributed by atoms with Gasteiger partial charge in [-0.1, -0.05) is 29.3 Å². The lowest BCUT2D eigenvalue weighted by Gasteiger charge is -2.09. The van der Waals surface area contributed by atoms with Crippen molar-refractivity contribution in [3.8, 4) is 11.3 Å². The first-order chi connectivity index (χ1) is 9.00. The molecule has 0 saturated heterocycles. The maximum Gasteiger partial charge on any atom is 0.307 e. The Kier molecular flexibility index (Phi) is 4.02. The molecule has 6 heteroatoms. The minimum atomic E-state index is -1.12. The lowest BCUT2D eigenvalue weighted by Crippen LogP contribution is -2.04. The molecule has 0 radical (unpaired) electrons. The van der Waals surface area contributed by atoms with Gasteiger partial charge < -0.3 is 5.11 Å². The summed E-state index contributed by atoms with van der Waals surface area (Å²) in [6, 6.07) is 6.08. The third-order valence-corrected chi connectivity index (χ3v) is 3.14. The molecule has 98 valence electrons. The molecule has 0 bridgehead atoms. The van der Waals surface area contributed by atoms with Gasteiger partial charge in [-0.15, -0.1) is 0 Å². The maximum atomic E-state index is 14.2. The van der Waals surface area contributed by atoms with Crippen molar-refractivity contribution >= 4 is 29.2 Å². The first-order valence-corrected chi connectivity index (χ1v) is 6.06. The van der Waals surface area contributed by atoms with Crippen LogP contribution in [0.3, 0.4) is 0 Å². The van der Waals surface area contributed by atoms with Crippen molar-refractivity contribution in [2.75, 3.05) is 0 Å². The number of rotatable bonds is 3. The number of aliphatic carboxylic acids is 1. The van der Waals surface area contributed by atoms with E-state index in [1.54, 1.807) is 18.2 Å². The van der Waals surface area contributed by atoms with Crippen LogP contribution in [0.2, 0.25) is 10.0 Å². The number of hydrogen-bond donors (Lipinski definition) is 1. The van der Waals surface area contributed by atoms with Crippen molar-refractivity contribution in [1.82, 2.24) is 4.98 Å². The van der Waals surface area contributed by atoms with Gasteiger partial charge in [0, 0.05) is 17.3 Å². The summed E-state index contributed by atoms with van der Waals surface area (Å²) in [6.07, 6.45) is 0.903. The lowest BCUT2D eigenvalue weighted by atomic mass is 10.1. The number of carbonyl (C=O) groups is 1. The minimum absolute atomic E-state index is 0.0356. The molecule has 2 aromatic rings. The van der Waals surface area contributed by atoms with Crippen molar-refractivity contribution in [2.24, 2.45) is 0 Å². The fourth-order valence-electron chi connectivity index (χ4n) is 1.68. The highest BCUT2D eigenvalue weighted by molar-refractivity contribution is 6.39. The van der Waals surface area contributed by atoms with E-state index in [9.17, 15) is 9.18 Å². The number of carboxylic acid groups (broad SMARTS) is 1. The molecule has 1 N–H and O–H groups in total. The zero-order valence-corrected chi connectivity index (χ0v) is 11.0. The summed E-state index contributed by atoms with van der Waals surface area (Å²) in [7, 11) is 0. The molecule has 1 heterocycles. The van der Waals surface area contributed by atoms with E-state index >= 15 is 0 Å². The second-order valence-corrected chi connectivity index (χ2v) is 4.61.